The third-order valence-electron chi connectivity index (χ3n) is 1.96. The summed E-state index contributed by atoms with van der Waals surface area (Å²) < 4.78 is 5.60. The molecule has 1 aromatic carbocycles. The van der Waals surface area contributed by atoms with Gasteiger partial charge in [0.25, 0.3) is 0 Å². The molecule has 0 bridgehead atoms. The number of hydrogen-bond acceptors (Lipinski definition) is 1. The van der Waals surface area contributed by atoms with Gasteiger partial charge in [-0.2, -0.15) is 0 Å². The minimum Gasteiger partial charge on any atom is -0.374 e. The van der Waals surface area contributed by atoms with Gasteiger partial charge < -0.3 is 4.74 Å². The van der Waals surface area contributed by atoms with Crippen molar-refractivity contribution in [1.82, 2.24) is 0 Å². The summed E-state index contributed by atoms with van der Waals surface area (Å²) in [5, 5.41) is 0. The van der Waals surface area contributed by atoms with Crippen LogP contribution < -0.4 is 0 Å². The molecule has 98 valence electrons. The average molecular weight is 343 g/mol. The SMILES string of the molecule is C.C.C.C=CCCOC(C)c1ccccc1.[Sn]. The van der Waals surface area contributed by atoms with Crippen molar-refractivity contribution in [2.45, 2.75) is 41.7 Å². The molecule has 0 aliphatic carbocycles. The maximum Gasteiger partial charge on any atom is 0.0796 e. The van der Waals surface area contributed by atoms with Crippen molar-refractivity contribution >= 4 is 23.9 Å². The van der Waals surface area contributed by atoms with Crippen LogP contribution in [0, 0.1) is 0 Å². The molecule has 1 atom stereocenters. The number of rotatable bonds is 5. The van der Waals surface area contributed by atoms with Gasteiger partial charge in [0.15, 0.2) is 0 Å². The van der Waals surface area contributed by atoms with E-state index in [-0.39, 0.29) is 52.3 Å². The van der Waals surface area contributed by atoms with Gasteiger partial charge in [0.2, 0.25) is 0 Å². The molecule has 0 heterocycles. The molecule has 0 saturated carbocycles. The molecule has 0 aliphatic heterocycles. The summed E-state index contributed by atoms with van der Waals surface area (Å²) in [6.07, 6.45) is 2.97. The Morgan fingerprint density at radius 3 is 2.18 bits per heavy atom. The summed E-state index contributed by atoms with van der Waals surface area (Å²) in [4.78, 5) is 0. The van der Waals surface area contributed by atoms with Crippen molar-refractivity contribution in [1.29, 1.82) is 0 Å². The van der Waals surface area contributed by atoms with Crippen LogP contribution in [0.2, 0.25) is 0 Å². The van der Waals surface area contributed by atoms with Gasteiger partial charge >= 0.3 is 0 Å². The van der Waals surface area contributed by atoms with Crippen LogP contribution in [0.1, 0.15) is 47.3 Å². The fourth-order valence-electron chi connectivity index (χ4n) is 1.15. The molecule has 1 rings (SSSR count). The Kier molecular flexibility index (Phi) is 23.6. The summed E-state index contributed by atoms with van der Waals surface area (Å²) in [7, 11) is 0. The molecule has 0 fully saturated rings. The number of ether oxygens (including phenoxy) is 1. The first kappa shape index (κ1) is 25.5. The molecule has 0 saturated heterocycles. The van der Waals surface area contributed by atoms with E-state index in [1.54, 1.807) is 0 Å². The first-order valence-corrected chi connectivity index (χ1v) is 4.62. The monoisotopic (exact) mass is 344 g/mol. The molecule has 1 unspecified atom stereocenters. The standard InChI is InChI=1S/C12H16O.3CH4.Sn/c1-3-4-10-13-11(2)12-8-6-5-7-9-12;;;;/h3,5-9,11H,1,4,10H2,2H3;3*1H4;. The number of benzene rings is 1. The topological polar surface area (TPSA) is 9.23 Å². The first-order valence-electron chi connectivity index (χ1n) is 4.62. The quantitative estimate of drug-likeness (QED) is 0.421. The molecule has 0 spiro atoms. The average Bonchev–Trinajstić information content (AvgIpc) is 2.19. The largest absolute Gasteiger partial charge is 0.374 e. The predicted octanol–water partition coefficient (Wildman–Crippen LogP) is 4.87. The summed E-state index contributed by atoms with van der Waals surface area (Å²) >= 11 is 0. The Balaban J connectivity index is -0.000000211. The van der Waals surface area contributed by atoms with Gasteiger partial charge in [0.1, 0.15) is 0 Å². The second-order valence-electron chi connectivity index (χ2n) is 3.00. The Morgan fingerprint density at radius 1 is 1.18 bits per heavy atom. The molecule has 2 heteroatoms. The van der Waals surface area contributed by atoms with E-state index in [9.17, 15) is 0 Å². The van der Waals surface area contributed by atoms with E-state index >= 15 is 0 Å². The van der Waals surface area contributed by atoms with E-state index in [4.69, 9.17) is 4.74 Å². The zero-order valence-electron chi connectivity index (χ0n) is 8.57. The molecular formula is C15H28OSn. The van der Waals surface area contributed by atoms with Crippen LogP contribution in [-0.2, 0) is 4.74 Å². The Labute approximate surface area is 125 Å². The van der Waals surface area contributed by atoms with E-state index in [0.717, 1.165) is 13.0 Å². The third-order valence-corrected chi connectivity index (χ3v) is 1.96. The van der Waals surface area contributed by atoms with Crippen molar-refractivity contribution in [2.75, 3.05) is 6.61 Å². The van der Waals surface area contributed by atoms with Crippen molar-refractivity contribution in [2.24, 2.45) is 0 Å². The van der Waals surface area contributed by atoms with E-state index in [1.165, 1.54) is 5.56 Å². The molecule has 1 nitrogen and oxygen atoms in total. The smallest absolute Gasteiger partial charge is 0.0796 e. The van der Waals surface area contributed by atoms with Gasteiger partial charge in [-0.05, 0) is 18.9 Å². The second-order valence-corrected chi connectivity index (χ2v) is 3.00. The van der Waals surface area contributed by atoms with Gasteiger partial charge in [0, 0.05) is 23.9 Å². The van der Waals surface area contributed by atoms with Gasteiger partial charge in [-0.15, -0.1) is 6.58 Å². The minimum atomic E-state index is 0. The molecule has 4 radical (unpaired) electrons. The Hall–Kier alpha value is -0.281. The van der Waals surface area contributed by atoms with Crippen molar-refractivity contribution in [3.63, 3.8) is 0 Å². The van der Waals surface area contributed by atoms with E-state index < -0.39 is 0 Å². The molecule has 0 aliphatic rings. The van der Waals surface area contributed by atoms with Crippen molar-refractivity contribution in [3.05, 3.63) is 48.6 Å². The Morgan fingerprint density at radius 2 is 1.71 bits per heavy atom. The van der Waals surface area contributed by atoms with Crippen LogP contribution in [0.4, 0.5) is 0 Å². The van der Waals surface area contributed by atoms with Crippen LogP contribution >= 0.6 is 0 Å². The second kappa shape index (κ2) is 15.7. The van der Waals surface area contributed by atoms with Gasteiger partial charge in [-0.1, -0.05) is 58.7 Å². The summed E-state index contributed by atoms with van der Waals surface area (Å²) in [6.45, 7) is 6.47. The summed E-state index contributed by atoms with van der Waals surface area (Å²) in [6, 6.07) is 10.2. The fourth-order valence-corrected chi connectivity index (χ4v) is 1.15. The fraction of sp³-hybridized carbons (Fsp3) is 0.467. The van der Waals surface area contributed by atoms with E-state index in [1.807, 2.05) is 24.3 Å². The van der Waals surface area contributed by atoms with Crippen LogP contribution in [0.15, 0.2) is 43.0 Å². The van der Waals surface area contributed by atoms with Gasteiger partial charge in [-0.25, -0.2) is 0 Å². The van der Waals surface area contributed by atoms with Crippen LogP contribution in [0.5, 0.6) is 0 Å². The van der Waals surface area contributed by atoms with Crippen molar-refractivity contribution in [3.8, 4) is 0 Å². The van der Waals surface area contributed by atoms with Crippen LogP contribution in [-0.4, -0.2) is 30.5 Å². The maximum absolute atomic E-state index is 5.60. The zero-order valence-corrected chi connectivity index (χ0v) is 11.4. The number of hydrogen-bond donors (Lipinski definition) is 0. The van der Waals surface area contributed by atoms with Gasteiger partial charge in [-0.3, -0.25) is 0 Å². The molecule has 0 N–H and O–H groups in total. The zero-order chi connectivity index (χ0) is 9.52. The summed E-state index contributed by atoms with van der Waals surface area (Å²) in [5.41, 5.74) is 1.23. The molecule has 17 heavy (non-hydrogen) atoms. The molecule has 0 aromatic heterocycles. The summed E-state index contributed by atoms with van der Waals surface area (Å²) in [5.74, 6) is 0. The molecule has 0 amide bonds. The maximum atomic E-state index is 5.60. The minimum absolute atomic E-state index is 0. The third kappa shape index (κ3) is 10.6. The molecular weight excluding hydrogens is 315 g/mol. The van der Waals surface area contributed by atoms with Crippen molar-refractivity contribution < 1.29 is 4.74 Å². The molecule has 1 aromatic rings. The van der Waals surface area contributed by atoms with Crippen LogP contribution in [0.25, 0.3) is 0 Å². The normalized spacial score (nSPS) is 9.47. The predicted molar refractivity (Wildman–Crippen MR) is 81.6 cm³/mol. The van der Waals surface area contributed by atoms with Gasteiger partial charge in [0.05, 0.1) is 12.7 Å². The van der Waals surface area contributed by atoms with Crippen LogP contribution in [0.3, 0.4) is 0 Å². The van der Waals surface area contributed by atoms with E-state index in [0.29, 0.717) is 0 Å². The first-order chi connectivity index (χ1) is 6.34. The van der Waals surface area contributed by atoms with E-state index in [2.05, 4.69) is 25.6 Å². The Bertz CT molecular complexity index is 246.